The Morgan fingerprint density at radius 2 is 0.767 bits per heavy atom. The van der Waals surface area contributed by atoms with Gasteiger partial charge in [0.15, 0.2) is 0 Å². The molecule has 0 fully saturated rings. The lowest BCUT2D eigenvalue weighted by Crippen LogP contribution is -1.84. The molecule has 7 aromatic rings. The summed E-state index contributed by atoms with van der Waals surface area (Å²) in [5.41, 5.74) is 1.23. The third-order valence-corrected chi connectivity index (χ3v) is 6.23. The maximum absolute atomic E-state index is 14.4. The van der Waals surface area contributed by atoms with Crippen LogP contribution < -0.4 is 0 Å². The van der Waals surface area contributed by atoms with Gasteiger partial charge in [0, 0.05) is 32.3 Å². The molecule has 5 heteroatoms. The third-order valence-electron chi connectivity index (χ3n) is 6.23. The number of nitrogens with zero attached hydrogens (tertiary/aromatic N) is 1. The molecule has 0 radical (unpaired) electrons. The molecule has 0 aliphatic carbocycles. The first-order chi connectivity index (χ1) is 14.5. The Balaban J connectivity index is 1.80. The van der Waals surface area contributed by atoms with E-state index in [-0.39, 0.29) is 10.8 Å². The predicted molar refractivity (Wildman–Crippen MR) is 111 cm³/mol. The lowest BCUT2D eigenvalue weighted by molar-refractivity contribution is 0.608. The smallest absolute Gasteiger partial charge is 0.134 e. The summed E-state index contributed by atoms with van der Waals surface area (Å²) in [5, 5.41) is 5.13. The Kier molecular flexibility index (Phi) is 2.71. The van der Waals surface area contributed by atoms with Crippen molar-refractivity contribution < 1.29 is 17.6 Å². The number of aromatic nitrogens is 1. The first-order valence-corrected chi connectivity index (χ1v) is 9.42. The zero-order valence-corrected chi connectivity index (χ0v) is 15.2. The second kappa shape index (κ2) is 5.05. The molecule has 30 heavy (non-hydrogen) atoms. The van der Waals surface area contributed by atoms with Crippen LogP contribution in [0.5, 0.6) is 0 Å². The average Bonchev–Trinajstić information content (AvgIpc) is 3.21. The van der Waals surface area contributed by atoms with Crippen molar-refractivity contribution >= 4 is 64.9 Å². The van der Waals surface area contributed by atoms with E-state index >= 15 is 0 Å². The highest BCUT2D eigenvalue weighted by Crippen LogP contribution is 2.44. The molecule has 7 rings (SSSR count). The van der Waals surface area contributed by atoms with Gasteiger partial charge in [-0.25, -0.2) is 22.5 Å². The van der Waals surface area contributed by atoms with Gasteiger partial charge in [-0.05, 0) is 53.2 Å². The third kappa shape index (κ3) is 1.69. The van der Waals surface area contributed by atoms with Crippen molar-refractivity contribution in [2.24, 2.45) is 0 Å². The second-order valence-electron chi connectivity index (χ2n) is 7.66. The quantitative estimate of drug-likeness (QED) is 0.242. The van der Waals surface area contributed by atoms with Gasteiger partial charge in [-0.3, -0.25) is 0 Å². The molecule has 0 saturated heterocycles. The Bertz CT molecular complexity index is 1580. The molecule has 0 aliphatic rings. The Hall–Kier alpha value is -3.73. The van der Waals surface area contributed by atoms with Crippen molar-refractivity contribution in [1.29, 1.82) is 0 Å². The second-order valence-corrected chi connectivity index (χ2v) is 7.66. The lowest BCUT2D eigenvalue weighted by Gasteiger charge is -2.02. The molecule has 0 aliphatic heterocycles. The number of rotatable bonds is 0. The van der Waals surface area contributed by atoms with Crippen LogP contribution in [0.1, 0.15) is 0 Å². The fourth-order valence-corrected chi connectivity index (χ4v) is 5.01. The number of benzene rings is 4. The van der Waals surface area contributed by atoms with E-state index in [4.69, 9.17) is 4.98 Å². The van der Waals surface area contributed by atoms with Crippen LogP contribution in [0.4, 0.5) is 17.6 Å². The van der Waals surface area contributed by atoms with Gasteiger partial charge in [0.25, 0.3) is 0 Å². The van der Waals surface area contributed by atoms with Gasteiger partial charge < -0.3 is 0 Å². The van der Waals surface area contributed by atoms with Crippen LogP contribution in [0.25, 0.3) is 64.9 Å². The predicted octanol–water partition coefficient (Wildman–Crippen LogP) is 7.43. The molecule has 0 unspecified atom stereocenters. The van der Waals surface area contributed by atoms with Gasteiger partial charge in [0.2, 0.25) is 0 Å². The van der Waals surface area contributed by atoms with Gasteiger partial charge in [0.05, 0.1) is 21.8 Å². The zero-order valence-electron chi connectivity index (χ0n) is 15.2. The highest BCUT2D eigenvalue weighted by Gasteiger charge is 2.22. The van der Waals surface area contributed by atoms with Crippen LogP contribution in [0.2, 0.25) is 0 Å². The van der Waals surface area contributed by atoms with E-state index in [1.165, 1.54) is 24.3 Å². The highest BCUT2D eigenvalue weighted by atomic mass is 19.1. The molecule has 0 N–H and O–H groups in total. The fraction of sp³-hybridized carbons (Fsp3) is 0. The first-order valence-electron chi connectivity index (χ1n) is 9.42. The van der Waals surface area contributed by atoms with Gasteiger partial charge in [-0.15, -0.1) is 0 Å². The Morgan fingerprint density at radius 1 is 0.400 bits per heavy atom. The molecule has 0 atom stereocenters. The number of fused-ring (bicyclic) bond motifs is 6. The number of hydrogen-bond donors (Lipinski definition) is 0. The van der Waals surface area contributed by atoms with E-state index in [0.29, 0.717) is 43.4 Å². The Labute approximate surface area is 165 Å². The van der Waals surface area contributed by atoms with Gasteiger partial charge in [-0.2, -0.15) is 0 Å². The van der Waals surface area contributed by atoms with E-state index in [9.17, 15) is 17.6 Å². The number of hydrogen-bond acceptors (Lipinski definition) is 1. The summed E-state index contributed by atoms with van der Waals surface area (Å²) in [6, 6.07) is 13.4. The molecule has 0 bridgehead atoms. The number of pyridine rings is 1. The summed E-state index contributed by atoms with van der Waals surface area (Å²) < 4.78 is 57.5. The van der Waals surface area contributed by atoms with Crippen molar-refractivity contribution in [3.63, 3.8) is 0 Å². The summed E-state index contributed by atoms with van der Waals surface area (Å²) >= 11 is 0. The summed E-state index contributed by atoms with van der Waals surface area (Å²) in [6.07, 6.45) is 0. The molecule has 0 amide bonds. The van der Waals surface area contributed by atoms with Crippen LogP contribution in [-0.2, 0) is 0 Å². The van der Waals surface area contributed by atoms with E-state index < -0.39 is 23.3 Å². The molecule has 0 spiro atoms. The van der Waals surface area contributed by atoms with Crippen molar-refractivity contribution in [1.82, 2.24) is 4.98 Å². The van der Waals surface area contributed by atoms with Crippen LogP contribution in [0, 0.1) is 23.3 Å². The number of halogens is 4. The SMILES string of the molecule is Fc1ccc2c3cc4c5ccc(F)c6c(F)ccc(c4nc3c3ccc(F)c1c23)c65. The van der Waals surface area contributed by atoms with E-state index in [0.717, 1.165) is 10.8 Å². The molecule has 6 aromatic carbocycles. The normalized spacial score (nSPS) is 12.7. The fourth-order valence-electron chi connectivity index (χ4n) is 5.01. The summed E-state index contributed by atoms with van der Waals surface area (Å²) in [5.74, 6) is -2.46. The molecular formula is C25H9F4N. The Morgan fingerprint density at radius 3 is 1.17 bits per heavy atom. The minimum absolute atomic E-state index is 0.0465. The van der Waals surface area contributed by atoms with E-state index in [1.807, 2.05) is 6.07 Å². The summed E-state index contributed by atoms with van der Waals surface area (Å²) in [7, 11) is 0. The lowest BCUT2D eigenvalue weighted by atomic mass is 10.0. The highest BCUT2D eigenvalue weighted by molar-refractivity contribution is 6.35. The zero-order chi connectivity index (χ0) is 20.3. The van der Waals surface area contributed by atoms with Crippen LogP contribution in [0.15, 0.2) is 54.6 Å². The minimum Gasteiger partial charge on any atom is -0.246 e. The maximum Gasteiger partial charge on any atom is 0.134 e. The van der Waals surface area contributed by atoms with Crippen molar-refractivity contribution in [2.75, 3.05) is 0 Å². The van der Waals surface area contributed by atoms with Crippen molar-refractivity contribution in [2.45, 2.75) is 0 Å². The van der Waals surface area contributed by atoms with Crippen molar-refractivity contribution in [3.8, 4) is 0 Å². The minimum atomic E-state index is -0.616. The average molecular weight is 399 g/mol. The maximum atomic E-state index is 14.4. The monoisotopic (exact) mass is 399 g/mol. The molecule has 1 nitrogen and oxygen atoms in total. The van der Waals surface area contributed by atoms with Gasteiger partial charge in [0.1, 0.15) is 23.3 Å². The van der Waals surface area contributed by atoms with Crippen LogP contribution in [0.3, 0.4) is 0 Å². The molecule has 1 heterocycles. The van der Waals surface area contributed by atoms with E-state index in [2.05, 4.69) is 0 Å². The molecular weight excluding hydrogens is 390 g/mol. The van der Waals surface area contributed by atoms with Gasteiger partial charge >= 0.3 is 0 Å². The van der Waals surface area contributed by atoms with Crippen LogP contribution >= 0.6 is 0 Å². The standard InChI is InChI=1S/C25H9F4N/c26-16-5-1-10-14-9-15-11-2-6-17(27)23-19(29)8-4-13(21(11)23)25(15)30-24(14)12-3-7-18(28)22(16)20(10)12/h1-9H. The molecule has 0 saturated carbocycles. The summed E-state index contributed by atoms with van der Waals surface area (Å²) in [6.45, 7) is 0. The largest absolute Gasteiger partial charge is 0.246 e. The first kappa shape index (κ1) is 16.1. The van der Waals surface area contributed by atoms with Gasteiger partial charge in [-0.1, -0.05) is 12.1 Å². The van der Waals surface area contributed by atoms with E-state index in [1.54, 1.807) is 24.3 Å². The van der Waals surface area contributed by atoms with Crippen molar-refractivity contribution in [3.05, 3.63) is 77.9 Å². The molecule has 142 valence electrons. The van der Waals surface area contributed by atoms with Crippen LogP contribution in [-0.4, -0.2) is 4.98 Å². The molecule has 1 aromatic heterocycles. The summed E-state index contributed by atoms with van der Waals surface area (Å²) in [4.78, 5) is 4.84. The topological polar surface area (TPSA) is 12.9 Å².